The van der Waals surface area contributed by atoms with E-state index in [2.05, 4.69) is 15.9 Å². The van der Waals surface area contributed by atoms with E-state index >= 15 is 0 Å². The molecule has 0 unspecified atom stereocenters. The van der Waals surface area contributed by atoms with E-state index in [9.17, 15) is 26.3 Å². The number of halogens is 6. The molecule has 15 heteroatoms. The molecular formula is C20H28F6N2O7. The van der Waals surface area contributed by atoms with Crippen LogP contribution < -0.4 is 0 Å². The average Bonchev–Trinajstić information content (AvgIpc) is 3.42. The molecule has 0 radical (unpaired) electrons. The molecule has 0 aliphatic carbocycles. The monoisotopic (exact) mass is 522 g/mol. The van der Waals surface area contributed by atoms with Crippen molar-refractivity contribution in [1.29, 1.82) is 0 Å². The molecule has 35 heavy (non-hydrogen) atoms. The van der Waals surface area contributed by atoms with Crippen molar-refractivity contribution in [1.82, 2.24) is 9.80 Å². The van der Waals surface area contributed by atoms with Crippen molar-refractivity contribution in [2.24, 2.45) is 5.92 Å². The number of furan rings is 1. The van der Waals surface area contributed by atoms with Gasteiger partial charge in [-0.25, -0.2) is 9.59 Å². The van der Waals surface area contributed by atoms with Gasteiger partial charge in [0.1, 0.15) is 0 Å². The van der Waals surface area contributed by atoms with E-state index < -0.39 is 24.3 Å². The molecule has 202 valence electrons. The number of hydrogen-bond donors (Lipinski definition) is 2. The van der Waals surface area contributed by atoms with E-state index in [1.807, 2.05) is 13.4 Å². The summed E-state index contributed by atoms with van der Waals surface area (Å²) in [5, 5.41) is 14.2. The van der Waals surface area contributed by atoms with Gasteiger partial charge in [0.05, 0.1) is 25.2 Å². The van der Waals surface area contributed by atoms with Crippen LogP contribution in [0.5, 0.6) is 0 Å². The zero-order valence-electron chi connectivity index (χ0n) is 19.0. The first-order valence-corrected chi connectivity index (χ1v) is 10.3. The lowest BCUT2D eigenvalue weighted by Crippen LogP contribution is -2.50. The predicted molar refractivity (Wildman–Crippen MR) is 108 cm³/mol. The third-order valence-electron chi connectivity index (χ3n) is 5.42. The molecule has 0 spiro atoms. The fraction of sp³-hybridized carbons (Fsp3) is 0.700. The Labute approximate surface area is 197 Å². The maximum atomic E-state index is 10.6. The highest BCUT2D eigenvalue weighted by atomic mass is 19.4. The topological polar surface area (TPSA) is 113 Å². The summed E-state index contributed by atoms with van der Waals surface area (Å²) in [4.78, 5) is 22.9. The van der Waals surface area contributed by atoms with Crippen LogP contribution in [0.1, 0.15) is 12.0 Å². The molecule has 0 saturated carbocycles. The molecule has 9 nitrogen and oxygen atoms in total. The second kappa shape index (κ2) is 13.7. The van der Waals surface area contributed by atoms with Crippen LogP contribution in [0.3, 0.4) is 0 Å². The van der Waals surface area contributed by atoms with Crippen molar-refractivity contribution in [2.75, 3.05) is 47.0 Å². The Balaban J connectivity index is 0.000000362. The second-order valence-electron chi connectivity index (χ2n) is 7.75. The van der Waals surface area contributed by atoms with Crippen LogP contribution in [0.15, 0.2) is 23.0 Å². The molecule has 2 aliphatic rings. The van der Waals surface area contributed by atoms with E-state index in [0.29, 0.717) is 18.1 Å². The Morgan fingerprint density at radius 2 is 1.66 bits per heavy atom. The number of aliphatic carboxylic acids is 2. The molecule has 0 bridgehead atoms. The first kappa shape index (κ1) is 30.7. The molecule has 2 fully saturated rings. The van der Waals surface area contributed by atoms with Crippen LogP contribution in [0.2, 0.25) is 0 Å². The number of carboxylic acids is 2. The van der Waals surface area contributed by atoms with Gasteiger partial charge >= 0.3 is 24.3 Å². The summed E-state index contributed by atoms with van der Waals surface area (Å²) in [5.74, 6) is -4.91. The Hall–Kier alpha value is -2.36. The number of ether oxygens (including phenoxy) is 2. The number of rotatable bonds is 6. The zero-order valence-corrected chi connectivity index (χ0v) is 19.0. The van der Waals surface area contributed by atoms with Gasteiger partial charge in [0.25, 0.3) is 0 Å². The van der Waals surface area contributed by atoms with Crippen LogP contribution in [0.25, 0.3) is 0 Å². The summed E-state index contributed by atoms with van der Waals surface area (Å²) < 4.78 is 79.6. The molecule has 2 N–H and O–H groups in total. The van der Waals surface area contributed by atoms with Gasteiger partial charge in [-0.3, -0.25) is 9.80 Å². The lowest BCUT2D eigenvalue weighted by molar-refractivity contribution is -0.193. The zero-order chi connectivity index (χ0) is 26.8. The van der Waals surface area contributed by atoms with Crippen molar-refractivity contribution in [2.45, 2.75) is 37.5 Å². The van der Waals surface area contributed by atoms with E-state index in [4.69, 9.17) is 33.7 Å². The SMILES string of the molecule is COCCN1C[C@@H]2[C@@H](OC)CCN(Cc3ccoc3)[C@@H]2C1.O=C(O)C(F)(F)F.O=C(O)C(F)(F)F. The number of alkyl halides is 6. The Morgan fingerprint density at radius 1 is 1.09 bits per heavy atom. The van der Waals surface area contributed by atoms with E-state index in [1.165, 1.54) is 5.56 Å². The molecule has 2 aliphatic heterocycles. The first-order valence-electron chi connectivity index (χ1n) is 10.3. The number of likely N-dealkylation sites (tertiary alicyclic amines) is 2. The number of methoxy groups -OCH3 is 2. The van der Waals surface area contributed by atoms with E-state index in [0.717, 1.165) is 45.8 Å². The third kappa shape index (κ3) is 10.4. The highest BCUT2D eigenvalue weighted by molar-refractivity contribution is 5.73. The van der Waals surface area contributed by atoms with Gasteiger partial charge in [0.15, 0.2) is 0 Å². The summed E-state index contributed by atoms with van der Waals surface area (Å²) in [7, 11) is 3.62. The molecule has 0 amide bonds. The largest absolute Gasteiger partial charge is 0.490 e. The number of hydrogen-bond acceptors (Lipinski definition) is 7. The summed E-state index contributed by atoms with van der Waals surface area (Å²) in [5.41, 5.74) is 1.26. The molecule has 3 atom stereocenters. The van der Waals surface area contributed by atoms with Crippen molar-refractivity contribution >= 4 is 11.9 Å². The van der Waals surface area contributed by atoms with Gasteiger partial charge in [-0.05, 0) is 12.5 Å². The second-order valence-corrected chi connectivity index (χ2v) is 7.75. The number of nitrogens with zero attached hydrogens (tertiary/aromatic N) is 2. The maximum absolute atomic E-state index is 10.6. The predicted octanol–water partition coefficient (Wildman–Crippen LogP) is 2.71. The van der Waals surface area contributed by atoms with Gasteiger partial charge < -0.3 is 24.1 Å². The Bertz CT molecular complexity index is 749. The molecule has 0 aromatic carbocycles. The highest BCUT2D eigenvalue weighted by Crippen LogP contribution is 2.33. The summed E-state index contributed by atoms with van der Waals surface area (Å²) in [6.45, 7) is 6.13. The number of carboxylic acid groups (broad SMARTS) is 2. The Morgan fingerprint density at radius 3 is 2.09 bits per heavy atom. The summed E-state index contributed by atoms with van der Waals surface area (Å²) in [6.07, 6.45) is -5.04. The minimum Gasteiger partial charge on any atom is -0.475 e. The lowest BCUT2D eigenvalue weighted by Gasteiger charge is -2.41. The maximum Gasteiger partial charge on any atom is 0.490 e. The van der Waals surface area contributed by atoms with Crippen LogP contribution >= 0.6 is 0 Å². The molecule has 3 heterocycles. The fourth-order valence-electron chi connectivity index (χ4n) is 3.83. The van der Waals surface area contributed by atoms with E-state index in [-0.39, 0.29) is 0 Å². The Kier molecular flexibility index (Phi) is 12.0. The number of piperidine rings is 1. The highest BCUT2D eigenvalue weighted by Gasteiger charge is 2.44. The molecular weight excluding hydrogens is 494 g/mol. The van der Waals surface area contributed by atoms with Crippen molar-refractivity contribution < 1.29 is 60.0 Å². The van der Waals surface area contributed by atoms with Crippen molar-refractivity contribution in [3.8, 4) is 0 Å². The minimum absolute atomic E-state index is 0.392. The summed E-state index contributed by atoms with van der Waals surface area (Å²) in [6, 6.07) is 2.64. The van der Waals surface area contributed by atoms with Crippen LogP contribution in [-0.2, 0) is 25.6 Å². The third-order valence-corrected chi connectivity index (χ3v) is 5.42. The van der Waals surface area contributed by atoms with Gasteiger partial charge in [0, 0.05) is 64.5 Å². The van der Waals surface area contributed by atoms with E-state index in [1.54, 1.807) is 13.4 Å². The fourth-order valence-corrected chi connectivity index (χ4v) is 3.83. The van der Waals surface area contributed by atoms with Crippen LogP contribution in [0, 0.1) is 5.92 Å². The molecule has 1 aromatic rings. The average molecular weight is 522 g/mol. The van der Waals surface area contributed by atoms with Crippen LogP contribution in [0.4, 0.5) is 26.3 Å². The lowest BCUT2D eigenvalue weighted by atomic mass is 9.89. The minimum atomic E-state index is -5.08. The molecule has 3 rings (SSSR count). The molecule has 2 saturated heterocycles. The quantitative estimate of drug-likeness (QED) is 0.545. The van der Waals surface area contributed by atoms with Gasteiger partial charge in [0.2, 0.25) is 0 Å². The van der Waals surface area contributed by atoms with Gasteiger partial charge in [-0.15, -0.1) is 0 Å². The van der Waals surface area contributed by atoms with Gasteiger partial charge in [-0.1, -0.05) is 0 Å². The van der Waals surface area contributed by atoms with Gasteiger partial charge in [-0.2, -0.15) is 26.3 Å². The van der Waals surface area contributed by atoms with Crippen LogP contribution in [-0.4, -0.2) is 103 Å². The summed E-state index contributed by atoms with van der Waals surface area (Å²) >= 11 is 0. The number of carbonyl (C=O) groups is 2. The standard InChI is InChI=1S/C16H26N2O3.2C2HF3O2/c1-19-8-6-17-10-14-15(11-17)18(5-3-16(14)20-2)9-13-4-7-21-12-13;2*3-2(4,5)1(6)7/h4,7,12,14-16H,3,5-6,8-11H2,1-2H3;2*(H,6,7)/t14-,15+,16-;;/m0../s1. The normalized spacial score (nSPS) is 22.9. The first-order chi connectivity index (χ1) is 16.2. The van der Waals surface area contributed by atoms with Crippen molar-refractivity contribution in [3.63, 3.8) is 0 Å². The molecule has 1 aromatic heterocycles. The smallest absolute Gasteiger partial charge is 0.475 e. The number of fused-ring (bicyclic) bond motifs is 1. The van der Waals surface area contributed by atoms with Crippen molar-refractivity contribution in [3.05, 3.63) is 24.2 Å².